The highest BCUT2D eigenvalue weighted by atomic mass is 32.2. The molecule has 0 radical (unpaired) electrons. The normalized spacial score (nSPS) is 20.3. The third kappa shape index (κ3) is 4.34. The molecule has 1 unspecified atom stereocenters. The zero-order valence-electron chi connectivity index (χ0n) is 16.8. The monoisotopic (exact) mass is 388 g/mol. The van der Waals surface area contributed by atoms with E-state index in [0.29, 0.717) is 12.3 Å². The van der Waals surface area contributed by atoms with E-state index < -0.39 is 0 Å². The molecule has 1 spiro atoms. The second kappa shape index (κ2) is 8.68. The van der Waals surface area contributed by atoms with Gasteiger partial charge in [-0.3, -0.25) is 9.59 Å². The highest BCUT2D eigenvalue weighted by Gasteiger charge is 2.47. The lowest BCUT2D eigenvalue weighted by atomic mass is 9.93. The molecular weight excluding hydrogens is 356 g/mol. The van der Waals surface area contributed by atoms with Gasteiger partial charge in [-0.05, 0) is 30.7 Å². The van der Waals surface area contributed by atoms with E-state index in [1.165, 1.54) is 0 Å². The summed E-state index contributed by atoms with van der Waals surface area (Å²) in [5.41, 5.74) is 1.11. The largest absolute Gasteiger partial charge is 0.342 e. The molecule has 2 aliphatic rings. The summed E-state index contributed by atoms with van der Waals surface area (Å²) in [7, 11) is 0. The van der Waals surface area contributed by atoms with Crippen molar-refractivity contribution in [1.82, 2.24) is 9.80 Å². The number of thioether (sulfide) groups is 1. The van der Waals surface area contributed by atoms with Gasteiger partial charge in [-0.1, -0.05) is 51.1 Å². The molecule has 27 heavy (non-hydrogen) atoms. The van der Waals surface area contributed by atoms with Crippen LogP contribution in [0.3, 0.4) is 0 Å². The fourth-order valence-corrected chi connectivity index (χ4v) is 5.84. The van der Waals surface area contributed by atoms with Crippen LogP contribution >= 0.6 is 11.8 Å². The minimum Gasteiger partial charge on any atom is -0.342 e. The summed E-state index contributed by atoms with van der Waals surface area (Å²) in [6.45, 7) is 8.64. The quantitative estimate of drug-likeness (QED) is 0.762. The van der Waals surface area contributed by atoms with Crippen LogP contribution in [0.25, 0.3) is 0 Å². The number of rotatable bonds is 5. The van der Waals surface area contributed by atoms with E-state index in [1.54, 1.807) is 0 Å². The van der Waals surface area contributed by atoms with E-state index in [9.17, 15) is 9.59 Å². The van der Waals surface area contributed by atoms with E-state index in [1.807, 2.05) is 34.9 Å². The molecule has 0 aromatic heterocycles. The first kappa shape index (κ1) is 20.2. The molecule has 4 nitrogen and oxygen atoms in total. The molecule has 0 bridgehead atoms. The Labute approximate surface area is 167 Å². The predicted molar refractivity (Wildman–Crippen MR) is 112 cm³/mol. The number of amides is 2. The fraction of sp³-hybridized carbons (Fsp3) is 0.636. The van der Waals surface area contributed by atoms with Crippen molar-refractivity contribution in [3.63, 3.8) is 0 Å². The van der Waals surface area contributed by atoms with Crippen LogP contribution in [0, 0.1) is 5.92 Å². The molecule has 2 saturated heterocycles. The third-order valence-electron chi connectivity index (χ3n) is 5.83. The summed E-state index contributed by atoms with van der Waals surface area (Å²) >= 11 is 1.92. The molecule has 148 valence electrons. The van der Waals surface area contributed by atoms with Crippen LogP contribution in [-0.2, 0) is 9.59 Å². The maximum Gasteiger partial charge on any atom is 0.230 e. The summed E-state index contributed by atoms with van der Waals surface area (Å²) in [5, 5.41) is 0. The van der Waals surface area contributed by atoms with Crippen LogP contribution < -0.4 is 0 Å². The van der Waals surface area contributed by atoms with Gasteiger partial charge >= 0.3 is 0 Å². The van der Waals surface area contributed by atoms with Gasteiger partial charge in [0.25, 0.3) is 0 Å². The maximum absolute atomic E-state index is 13.1. The molecule has 0 saturated carbocycles. The van der Waals surface area contributed by atoms with Crippen molar-refractivity contribution >= 4 is 23.6 Å². The lowest BCUT2D eigenvalue weighted by Crippen LogP contribution is -2.54. The molecular formula is C22H32N2O2S. The van der Waals surface area contributed by atoms with Crippen molar-refractivity contribution in [3.05, 3.63) is 35.9 Å². The highest BCUT2D eigenvalue weighted by molar-refractivity contribution is 8.00. The molecule has 1 aromatic rings. The van der Waals surface area contributed by atoms with Gasteiger partial charge in [0.1, 0.15) is 0 Å². The van der Waals surface area contributed by atoms with Crippen molar-refractivity contribution in [2.75, 3.05) is 25.4 Å². The number of benzene rings is 1. The minimum atomic E-state index is -0.0861. The number of piperidine rings is 1. The van der Waals surface area contributed by atoms with Crippen molar-refractivity contribution in [2.24, 2.45) is 5.92 Å². The maximum atomic E-state index is 13.1. The molecule has 5 heteroatoms. The van der Waals surface area contributed by atoms with Gasteiger partial charge in [0.2, 0.25) is 11.8 Å². The van der Waals surface area contributed by atoms with Gasteiger partial charge in [0.15, 0.2) is 0 Å². The molecule has 1 aromatic carbocycles. The first-order chi connectivity index (χ1) is 13.0. The molecule has 2 amide bonds. The van der Waals surface area contributed by atoms with Crippen LogP contribution in [0.5, 0.6) is 0 Å². The smallest absolute Gasteiger partial charge is 0.230 e. The first-order valence-electron chi connectivity index (χ1n) is 10.2. The van der Waals surface area contributed by atoms with E-state index >= 15 is 0 Å². The van der Waals surface area contributed by atoms with Crippen LogP contribution in [-0.4, -0.2) is 51.9 Å². The van der Waals surface area contributed by atoms with Gasteiger partial charge in [0, 0.05) is 31.8 Å². The van der Waals surface area contributed by atoms with Crippen molar-refractivity contribution in [3.8, 4) is 0 Å². The van der Waals surface area contributed by atoms with E-state index in [2.05, 4.69) is 37.8 Å². The summed E-state index contributed by atoms with van der Waals surface area (Å²) in [5.74, 6) is 1.86. The van der Waals surface area contributed by atoms with Gasteiger partial charge in [0.05, 0.1) is 10.8 Å². The predicted octanol–water partition coefficient (Wildman–Crippen LogP) is 4.12. The van der Waals surface area contributed by atoms with E-state index in [0.717, 1.165) is 50.2 Å². The van der Waals surface area contributed by atoms with Gasteiger partial charge in [-0.15, -0.1) is 11.8 Å². The van der Waals surface area contributed by atoms with Crippen LogP contribution in [0.4, 0.5) is 0 Å². The standard InChI is InChI=1S/C22H32N2O2S/c1-4-19(18-8-6-5-7-9-18)21(26)23-12-10-22(11-13-23)24(14-15-27-22)20(25)16-17(2)3/h5-9,17,19H,4,10-16H2,1-3H3. The van der Waals surface area contributed by atoms with Gasteiger partial charge in [-0.25, -0.2) is 0 Å². The molecule has 0 aliphatic carbocycles. The Morgan fingerprint density at radius 3 is 2.37 bits per heavy atom. The second-order valence-corrected chi connectivity index (χ2v) is 9.59. The van der Waals surface area contributed by atoms with Crippen molar-refractivity contribution < 1.29 is 9.59 Å². The zero-order chi connectivity index (χ0) is 19.4. The Kier molecular flexibility index (Phi) is 6.51. The number of nitrogens with zero attached hydrogens (tertiary/aromatic N) is 2. The topological polar surface area (TPSA) is 40.6 Å². The SMILES string of the molecule is CCC(C(=O)N1CCC2(CC1)SCCN2C(=O)CC(C)C)c1ccccc1. The number of hydrogen-bond acceptors (Lipinski definition) is 3. The van der Waals surface area contributed by atoms with Gasteiger partial charge < -0.3 is 9.80 Å². The Balaban J connectivity index is 1.65. The third-order valence-corrected chi connectivity index (χ3v) is 7.38. The Hall–Kier alpha value is -1.49. The number of carbonyl (C=O) groups excluding carboxylic acids is 2. The summed E-state index contributed by atoms with van der Waals surface area (Å²) < 4.78 is 0. The summed E-state index contributed by atoms with van der Waals surface area (Å²) in [6.07, 6.45) is 3.21. The van der Waals surface area contributed by atoms with Crippen LogP contribution in [0.2, 0.25) is 0 Å². The lowest BCUT2D eigenvalue weighted by molar-refractivity contribution is -0.138. The van der Waals surface area contributed by atoms with E-state index in [-0.39, 0.29) is 22.6 Å². The average Bonchev–Trinajstić information content (AvgIpc) is 3.06. The molecule has 0 N–H and O–H groups in total. The minimum absolute atomic E-state index is 0.0600. The lowest BCUT2D eigenvalue weighted by Gasteiger charge is -2.45. The number of likely N-dealkylation sites (tertiary alicyclic amines) is 1. The molecule has 2 heterocycles. The Bertz CT molecular complexity index is 654. The van der Waals surface area contributed by atoms with Crippen molar-refractivity contribution in [2.45, 2.75) is 57.2 Å². The zero-order valence-corrected chi connectivity index (χ0v) is 17.6. The van der Waals surface area contributed by atoms with Gasteiger partial charge in [-0.2, -0.15) is 0 Å². The van der Waals surface area contributed by atoms with E-state index in [4.69, 9.17) is 0 Å². The Morgan fingerprint density at radius 2 is 1.78 bits per heavy atom. The highest BCUT2D eigenvalue weighted by Crippen LogP contribution is 2.44. The molecule has 3 rings (SSSR count). The summed E-state index contributed by atoms with van der Waals surface area (Å²) in [4.78, 5) is 29.9. The average molecular weight is 389 g/mol. The first-order valence-corrected chi connectivity index (χ1v) is 11.2. The molecule has 2 aliphatic heterocycles. The van der Waals surface area contributed by atoms with Crippen molar-refractivity contribution in [1.29, 1.82) is 0 Å². The number of carbonyl (C=O) groups is 2. The Morgan fingerprint density at radius 1 is 1.11 bits per heavy atom. The van der Waals surface area contributed by atoms with Crippen LogP contribution in [0.1, 0.15) is 57.9 Å². The summed E-state index contributed by atoms with van der Waals surface area (Å²) in [6, 6.07) is 10.1. The van der Waals surface area contributed by atoms with Crippen LogP contribution in [0.15, 0.2) is 30.3 Å². The second-order valence-electron chi connectivity index (χ2n) is 8.13. The fourth-order valence-electron chi connectivity index (χ4n) is 4.37. The molecule has 2 fully saturated rings. The molecule has 1 atom stereocenters. The number of hydrogen-bond donors (Lipinski definition) is 0.